The van der Waals surface area contributed by atoms with E-state index < -0.39 is 5.91 Å². The van der Waals surface area contributed by atoms with Gasteiger partial charge in [-0.2, -0.15) is 0 Å². The maximum absolute atomic E-state index is 11.9. The second-order valence-electron chi connectivity index (χ2n) is 6.19. The number of nitrogens with one attached hydrogen (secondary N) is 1. The van der Waals surface area contributed by atoms with Gasteiger partial charge in [-0.15, -0.1) is 0 Å². The van der Waals surface area contributed by atoms with E-state index in [2.05, 4.69) is 10.3 Å². The Bertz CT molecular complexity index is 578. The number of pyridine rings is 1. The van der Waals surface area contributed by atoms with Crippen molar-refractivity contribution in [3.05, 3.63) is 23.5 Å². The van der Waals surface area contributed by atoms with Crippen LogP contribution in [0, 0.1) is 17.8 Å². The van der Waals surface area contributed by atoms with E-state index in [1.165, 1.54) is 25.5 Å². The van der Waals surface area contributed by atoms with Crippen LogP contribution in [-0.2, 0) is 14.3 Å². The van der Waals surface area contributed by atoms with E-state index in [1.807, 2.05) is 0 Å². The molecule has 1 amide bonds. The van der Waals surface area contributed by atoms with Gasteiger partial charge < -0.3 is 10.1 Å². The van der Waals surface area contributed by atoms with Gasteiger partial charge in [-0.1, -0.05) is 18.0 Å². The lowest BCUT2D eigenvalue weighted by molar-refractivity contribution is -0.148. The van der Waals surface area contributed by atoms with Crippen molar-refractivity contribution >= 4 is 29.2 Å². The van der Waals surface area contributed by atoms with Crippen LogP contribution in [0.4, 0.5) is 5.69 Å². The van der Waals surface area contributed by atoms with Crippen molar-refractivity contribution in [2.24, 2.45) is 17.8 Å². The molecule has 3 rings (SSSR count). The molecule has 1 aromatic heterocycles. The number of aromatic nitrogens is 1. The van der Waals surface area contributed by atoms with E-state index >= 15 is 0 Å². The quantitative estimate of drug-likeness (QED) is 0.668. The zero-order chi connectivity index (χ0) is 15.5. The molecule has 2 fully saturated rings. The van der Waals surface area contributed by atoms with Crippen LogP contribution in [0.5, 0.6) is 0 Å². The Morgan fingerprint density at radius 2 is 2.23 bits per heavy atom. The standard InChI is InChI=1S/C16H19ClN2O3/c17-16-13(2-1-5-18-16)19-14(20)9-22-15(21)8-12-7-10-3-4-11(12)6-10/h1-2,5,10-12H,3-4,6-9H2,(H,19,20)/t10-,11-,12+/m1/s1. The van der Waals surface area contributed by atoms with Gasteiger partial charge in [0.1, 0.15) is 0 Å². The summed E-state index contributed by atoms with van der Waals surface area (Å²) >= 11 is 5.85. The van der Waals surface area contributed by atoms with Crippen molar-refractivity contribution in [3.8, 4) is 0 Å². The Morgan fingerprint density at radius 3 is 2.91 bits per heavy atom. The highest BCUT2D eigenvalue weighted by atomic mass is 35.5. The topological polar surface area (TPSA) is 68.3 Å². The molecule has 0 saturated heterocycles. The number of hydrogen-bond acceptors (Lipinski definition) is 4. The molecule has 22 heavy (non-hydrogen) atoms. The van der Waals surface area contributed by atoms with Crippen molar-refractivity contribution < 1.29 is 14.3 Å². The van der Waals surface area contributed by atoms with Crippen LogP contribution in [0.25, 0.3) is 0 Å². The number of anilines is 1. The van der Waals surface area contributed by atoms with Gasteiger partial charge in [0, 0.05) is 12.6 Å². The summed E-state index contributed by atoms with van der Waals surface area (Å²) in [5.74, 6) is 1.24. The highest BCUT2D eigenvalue weighted by Gasteiger charge is 2.40. The molecule has 0 unspecified atom stereocenters. The second kappa shape index (κ2) is 6.65. The lowest BCUT2D eigenvalue weighted by atomic mass is 9.86. The number of amides is 1. The van der Waals surface area contributed by atoms with Gasteiger partial charge >= 0.3 is 5.97 Å². The average molecular weight is 323 g/mol. The summed E-state index contributed by atoms with van der Waals surface area (Å²) < 4.78 is 5.07. The van der Waals surface area contributed by atoms with Crippen LogP contribution in [0.15, 0.2) is 18.3 Å². The number of ether oxygens (including phenoxy) is 1. The number of esters is 1. The molecule has 1 N–H and O–H groups in total. The third-order valence-electron chi connectivity index (χ3n) is 4.71. The van der Waals surface area contributed by atoms with Gasteiger partial charge in [-0.25, -0.2) is 4.98 Å². The molecule has 0 aromatic carbocycles. The fourth-order valence-electron chi connectivity index (χ4n) is 3.71. The molecule has 2 aliphatic carbocycles. The van der Waals surface area contributed by atoms with Crippen LogP contribution < -0.4 is 5.32 Å². The van der Waals surface area contributed by atoms with Crippen LogP contribution in [-0.4, -0.2) is 23.5 Å². The molecule has 5 nitrogen and oxygen atoms in total. The maximum atomic E-state index is 11.9. The molecule has 118 valence electrons. The molecule has 2 bridgehead atoms. The molecule has 2 saturated carbocycles. The van der Waals surface area contributed by atoms with E-state index in [4.69, 9.17) is 16.3 Å². The molecule has 0 spiro atoms. The fourth-order valence-corrected chi connectivity index (χ4v) is 3.88. The zero-order valence-electron chi connectivity index (χ0n) is 12.3. The van der Waals surface area contributed by atoms with Crippen LogP contribution in [0.3, 0.4) is 0 Å². The molecular weight excluding hydrogens is 304 g/mol. The number of halogens is 1. The van der Waals surface area contributed by atoms with E-state index in [0.717, 1.165) is 12.3 Å². The number of nitrogens with zero attached hydrogens (tertiary/aromatic N) is 1. The summed E-state index contributed by atoms with van der Waals surface area (Å²) in [6.45, 7) is -0.287. The lowest BCUT2D eigenvalue weighted by Gasteiger charge is -2.20. The molecule has 2 aliphatic rings. The first kappa shape index (κ1) is 15.3. The largest absolute Gasteiger partial charge is 0.456 e. The fraction of sp³-hybridized carbons (Fsp3) is 0.562. The van der Waals surface area contributed by atoms with E-state index in [1.54, 1.807) is 12.1 Å². The smallest absolute Gasteiger partial charge is 0.306 e. The summed E-state index contributed by atoms with van der Waals surface area (Å²) in [4.78, 5) is 27.5. The first-order valence-corrected chi connectivity index (χ1v) is 8.05. The number of carbonyl (C=O) groups is 2. The summed E-state index contributed by atoms with van der Waals surface area (Å²) in [7, 11) is 0. The predicted octanol–water partition coefficient (Wildman–Crippen LogP) is 3.04. The molecule has 6 heteroatoms. The highest BCUT2D eigenvalue weighted by molar-refractivity contribution is 6.32. The molecule has 0 aliphatic heterocycles. The van der Waals surface area contributed by atoms with E-state index in [0.29, 0.717) is 23.9 Å². The maximum Gasteiger partial charge on any atom is 0.306 e. The van der Waals surface area contributed by atoms with Gasteiger partial charge in [0.15, 0.2) is 11.8 Å². The van der Waals surface area contributed by atoms with Crippen molar-refractivity contribution in [1.82, 2.24) is 4.98 Å². The normalized spacial score (nSPS) is 26.0. The summed E-state index contributed by atoms with van der Waals surface area (Å²) in [6.07, 6.45) is 6.91. The number of fused-ring (bicyclic) bond motifs is 2. The third kappa shape index (κ3) is 3.58. The molecule has 1 heterocycles. The van der Waals surface area contributed by atoms with Crippen molar-refractivity contribution in [1.29, 1.82) is 0 Å². The van der Waals surface area contributed by atoms with E-state index in [-0.39, 0.29) is 17.7 Å². The minimum absolute atomic E-state index is 0.212. The monoisotopic (exact) mass is 322 g/mol. The Morgan fingerprint density at radius 1 is 1.36 bits per heavy atom. The highest BCUT2D eigenvalue weighted by Crippen LogP contribution is 2.49. The summed E-state index contributed by atoms with van der Waals surface area (Å²) in [6, 6.07) is 3.31. The van der Waals surface area contributed by atoms with E-state index in [9.17, 15) is 9.59 Å². The van der Waals surface area contributed by atoms with Crippen LogP contribution in [0.2, 0.25) is 5.15 Å². The Kier molecular flexibility index (Phi) is 4.62. The van der Waals surface area contributed by atoms with Crippen molar-refractivity contribution in [3.63, 3.8) is 0 Å². The molecule has 1 aromatic rings. The molecular formula is C16H19ClN2O3. The number of rotatable bonds is 5. The summed E-state index contributed by atoms with van der Waals surface area (Å²) in [5.41, 5.74) is 0.415. The average Bonchev–Trinajstić information content (AvgIpc) is 3.10. The van der Waals surface area contributed by atoms with Crippen molar-refractivity contribution in [2.45, 2.75) is 32.1 Å². The van der Waals surface area contributed by atoms with Crippen molar-refractivity contribution in [2.75, 3.05) is 11.9 Å². The minimum Gasteiger partial charge on any atom is -0.456 e. The van der Waals surface area contributed by atoms with Crippen LogP contribution in [0.1, 0.15) is 32.1 Å². The predicted molar refractivity (Wildman–Crippen MR) is 82.4 cm³/mol. The minimum atomic E-state index is -0.406. The first-order chi connectivity index (χ1) is 10.6. The van der Waals surface area contributed by atoms with Gasteiger partial charge in [0.05, 0.1) is 5.69 Å². The Balaban J connectivity index is 1.41. The van der Waals surface area contributed by atoms with Gasteiger partial charge in [0.25, 0.3) is 5.91 Å². The van der Waals surface area contributed by atoms with Gasteiger partial charge in [-0.05, 0) is 49.1 Å². The summed E-state index contributed by atoms with van der Waals surface area (Å²) in [5, 5.41) is 2.79. The van der Waals surface area contributed by atoms with Gasteiger partial charge in [-0.3, -0.25) is 9.59 Å². The molecule has 3 atom stereocenters. The second-order valence-corrected chi connectivity index (χ2v) is 6.55. The third-order valence-corrected chi connectivity index (χ3v) is 5.01. The lowest BCUT2D eigenvalue weighted by Crippen LogP contribution is -2.23. The van der Waals surface area contributed by atoms with Crippen LogP contribution >= 0.6 is 11.6 Å². The zero-order valence-corrected chi connectivity index (χ0v) is 13.0. The number of hydrogen-bond donors (Lipinski definition) is 1. The first-order valence-electron chi connectivity index (χ1n) is 7.68. The molecule has 0 radical (unpaired) electrons. The number of carbonyl (C=O) groups excluding carboxylic acids is 2. The Hall–Kier alpha value is -1.62. The Labute approximate surface area is 134 Å². The SMILES string of the molecule is O=C(COC(=O)C[C@@H]1C[C@@H]2CC[C@@H]1C2)Nc1cccnc1Cl. The van der Waals surface area contributed by atoms with Gasteiger partial charge in [0.2, 0.25) is 0 Å².